The summed E-state index contributed by atoms with van der Waals surface area (Å²) < 4.78 is 11.1. The second-order valence-electron chi connectivity index (χ2n) is 5.71. The molecule has 3 heterocycles. The molecule has 132 valence electrons. The van der Waals surface area contributed by atoms with Gasteiger partial charge in [-0.3, -0.25) is 4.99 Å². The molecule has 1 atom stereocenters. The fraction of sp³-hybridized carbons (Fsp3) is 0.211. The van der Waals surface area contributed by atoms with Crippen molar-refractivity contribution in [3.05, 3.63) is 54.0 Å². The van der Waals surface area contributed by atoms with Crippen molar-refractivity contribution in [1.82, 2.24) is 9.97 Å². The van der Waals surface area contributed by atoms with Gasteiger partial charge in [0.2, 0.25) is 5.89 Å². The molecule has 4 rings (SSSR count). The van der Waals surface area contributed by atoms with Crippen molar-refractivity contribution in [3.8, 4) is 17.2 Å². The lowest BCUT2D eigenvalue weighted by Crippen LogP contribution is -2.02. The maximum absolute atomic E-state index is 5.74. The molecule has 3 aromatic rings. The first-order valence-electron chi connectivity index (χ1n) is 8.41. The van der Waals surface area contributed by atoms with Crippen molar-refractivity contribution in [2.75, 3.05) is 11.9 Å². The molecule has 1 unspecified atom stereocenters. The number of hydrogen-bond acceptors (Lipinski definition) is 7. The summed E-state index contributed by atoms with van der Waals surface area (Å²) in [6, 6.07) is 5.81. The highest BCUT2D eigenvalue weighted by Gasteiger charge is 2.15. The molecule has 0 aliphatic carbocycles. The van der Waals surface area contributed by atoms with Crippen LogP contribution in [0.25, 0.3) is 11.5 Å². The zero-order chi connectivity index (χ0) is 17.8. The third-order valence-corrected chi connectivity index (χ3v) is 4.73. The van der Waals surface area contributed by atoms with Crippen molar-refractivity contribution in [1.29, 1.82) is 0 Å². The number of nitrogens with one attached hydrogen (secondary N) is 1. The maximum Gasteiger partial charge on any atom is 0.225 e. The third-order valence-electron chi connectivity index (χ3n) is 3.95. The average Bonchev–Trinajstić information content (AvgIpc) is 3.36. The van der Waals surface area contributed by atoms with Gasteiger partial charge in [-0.1, -0.05) is 6.08 Å². The first-order chi connectivity index (χ1) is 12.8. The number of anilines is 2. The van der Waals surface area contributed by atoms with E-state index >= 15 is 0 Å². The van der Waals surface area contributed by atoms with Crippen LogP contribution in [0.15, 0.2) is 57.7 Å². The molecule has 0 bridgehead atoms. The van der Waals surface area contributed by atoms with Gasteiger partial charge in [-0.05, 0) is 31.5 Å². The number of aromatic nitrogens is 2. The highest BCUT2D eigenvalue weighted by molar-refractivity contribution is 7.13. The number of nitrogens with zero attached hydrogens (tertiary/aromatic N) is 3. The van der Waals surface area contributed by atoms with Crippen LogP contribution < -0.4 is 10.1 Å². The van der Waals surface area contributed by atoms with Gasteiger partial charge >= 0.3 is 0 Å². The lowest BCUT2D eigenvalue weighted by atomic mass is 10.0. The van der Waals surface area contributed by atoms with Crippen LogP contribution in [0.5, 0.6) is 5.75 Å². The van der Waals surface area contributed by atoms with Crippen molar-refractivity contribution in [2.24, 2.45) is 4.99 Å². The summed E-state index contributed by atoms with van der Waals surface area (Å²) in [5.74, 6) is 1.57. The average molecular weight is 366 g/mol. The standard InChI is InChI=1S/C19H18N4O2S/c1-2-24-17-6-5-13(18-21-8-9-25-18)10-15(17)22-19-23-16(12-26-19)14-4-3-7-20-11-14/h3,5-12,14H,2,4H2,1H3,(H,22,23). The Balaban J connectivity index is 1.60. The molecule has 0 spiro atoms. The van der Waals surface area contributed by atoms with Crippen LogP contribution >= 0.6 is 11.3 Å². The summed E-state index contributed by atoms with van der Waals surface area (Å²) >= 11 is 1.57. The van der Waals surface area contributed by atoms with Gasteiger partial charge in [0.15, 0.2) is 5.13 Å². The minimum Gasteiger partial charge on any atom is -0.492 e. The Labute approximate surface area is 155 Å². The third kappa shape index (κ3) is 3.52. The molecule has 1 aliphatic heterocycles. The van der Waals surface area contributed by atoms with Crippen molar-refractivity contribution in [3.63, 3.8) is 0 Å². The van der Waals surface area contributed by atoms with Gasteiger partial charge in [-0.15, -0.1) is 11.3 Å². The first kappa shape index (κ1) is 16.5. The SMILES string of the molecule is CCOc1ccc(-c2ncco2)cc1Nc1nc(C2C=NC=CC2)cs1. The van der Waals surface area contributed by atoms with Crippen LogP contribution in [-0.4, -0.2) is 22.8 Å². The Morgan fingerprint density at radius 2 is 2.35 bits per heavy atom. The molecule has 6 nitrogen and oxygen atoms in total. The highest BCUT2D eigenvalue weighted by atomic mass is 32.1. The first-order valence-corrected chi connectivity index (χ1v) is 9.29. The number of oxazole rings is 1. The smallest absolute Gasteiger partial charge is 0.225 e. The lowest BCUT2D eigenvalue weighted by molar-refractivity contribution is 0.342. The highest BCUT2D eigenvalue weighted by Crippen LogP contribution is 2.34. The van der Waals surface area contributed by atoms with E-state index in [2.05, 4.69) is 26.7 Å². The monoisotopic (exact) mass is 366 g/mol. The molecule has 7 heteroatoms. The lowest BCUT2D eigenvalue weighted by Gasteiger charge is -2.12. The quantitative estimate of drug-likeness (QED) is 0.664. The Morgan fingerprint density at radius 3 is 3.12 bits per heavy atom. The predicted molar refractivity (Wildman–Crippen MR) is 103 cm³/mol. The number of rotatable bonds is 6. The van der Waals surface area contributed by atoms with E-state index < -0.39 is 0 Å². The molecule has 0 saturated heterocycles. The van der Waals surface area contributed by atoms with Gasteiger partial charge in [0.1, 0.15) is 12.0 Å². The largest absolute Gasteiger partial charge is 0.492 e. The Bertz CT molecular complexity index is 931. The molecule has 0 amide bonds. The van der Waals surface area contributed by atoms with Crippen molar-refractivity contribution in [2.45, 2.75) is 19.3 Å². The number of allylic oxidation sites excluding steroid dienone is 1. The summed E-state index contributed by atoms with van der Waals surface area (Å²) in [6.07, 6.45) is 9.94. The zero-order valence-electron chi connectivity index (χ0n) is 14.3. The maximum atomic E-state index is 5.74. The number of hydrogen-bond donors (Lipinski definition) is 1. The molecule has 0 saturated carbocycles. The van der Waals surface area contributed by atoms with Gasteiger partial charge in [0, 0.05) is 29.3 Å². The number of thiazole rings is 1. The van der Waals surface area contributed by atoms with E-state index in [1.807, 2.05) is 37.5 Å². The molecule has 0 fully saturated rings. The molecule has 26 heavy (non-hydrogen) atoms. The van der Waals surface area contributed by atoms with E-state index in [1.165, 1.54) is 0 Å². The second-order valence-corrected chi connectivity index (χ2v) is 6.57. The van der Waals surface area contributed by atoms with Crippen molar-refractivity contribution >= 4 is 28.4 Å². The molecule has 1 aliphatic rings. The Kier molecular flexibility index (Phi) is 4.79. The Hall–Kier alpha value is -2.93. The summed E-state index contributed by atoms with van der Waals surface area (Å²) in [5.41, 5.74) is 2.73. The van der Waals surface area contributed by atoms with Gasteiger partial charge < -0.3 is 14.5 Å². The number of ether oxygens (including phenoxy) is 1. The number of aliphatic imine (C=N–C) groups is 1. The van der Waals surface area contributed by atoms with Gasteiger partial charge in [-0.25, -0.2) is 9.97 Å². The fourth-order valence-electron chi connectivity index (χ4n) is 2.72. The van der Waals surface area contributed by atoms with Crippen LogP contribution in [0.1, 0.15) is 25.0 Å². The van der Waals surface area contributed by atoms with Crippen LogP contribution in [-0.2, 0) is 0 Å². The van der Waals surface area contributed by atoms with Gasteiger partial charge in [0.25, 0.3) is 0 Å². The van der Waals surface area contributed by atoms with E-state index in [0.29, 0.717) is 12.5 Å². The molecular formula is C19H18N4O2S. The predicted octanol–water partition coefficient (Wildman–Crippen LogP) is 5.01. The zero-order valence-corrected chi connectivity index (χ0v) is 15.1. The normalized spacial score (nSPS) is 16.0. The molecule has 0 radical (unpaired) electrons. The summed E-state index contributed by atoms with van der Waals surface area (Å²) in [6.45, 7) is 2.55. The van der Waals surface area contributed by atoms with E-state index in [9.17, 15) is 0 Å². The molecular weight excluding hydrogens is 348 g/mol. The van der Waals surface area contributed by atoms with E-state index in [0.717, 1.165) is 34.2 Å². The van der Waals surface area contributed by atoms with Crippen LogP contribution in [0, 0.1) is 0 Å². The van der Waals surface area contributed by atoms with Gasteiger partial charge in [-0.2, -0.15) is 0 Å². The summed E-state index contributed by atoms with van der Waals surface area (Å²) in [7, 11) is 0. The second kappa shape index (κ2) is 7.53. The van der Waals surface area contributed by atoms with E-state index in [-0.39, 0.29) is 5.92 Å². The van der Waals surface area contributed by atoms with Crippen LogP contribution in [0.2, 0.25) is 0 Å². The summed E-state index contributed by atoms with van der Waals surface area (Å²) in [4.78, 5) is 13.1. The minimum atomic E-state index is 0.233. The van der Waals surface area contributed by atoms with Gasteiger partial charge in [0.05, 0.1) is 24.2 Å². The van der Waals surface area contributed by atoms with E-state index in [4.69, 9.17) is 14.1 Å². The summed E-state index contributed by atoms with van der Waals surface area (Å²) in [5, 5.41) is 6.25. The molecule has 1 aromatic carbocycles. The molecule has 2 aromatic heterocycles. The fourth-order valence-corrected chi connectivity index (χ4v) is 3.50. The molecule has 1 N–H and O–H groups in total. The van der Waals surface area contributed by atoms with Crippen LogP contribution in [0.3, 0.4) is 0 Å². The van der Waals surface area contributed by atoms with Crippen LogP contribution in [0.4, 0.5) is 10.8 Å². The van der Waals surface area contributed by atoms with Crippen molar-refractivity contribution < 1.29 is 9.15 Å². The topological polar surface area (TPSA) is 72.5 Å². The van der Waals surface area contributed by atoms with E-state index in [1.54, 1.807) is 23.8 Å². The Morgan fingerprint density at radius 1 is 1.38 bits per heavy atom. The number of benzene rings is 1. The minimum absolute atomic E-state index is 0.233.